The van der Waals surface area contributed by atoms with Crippen molar-refractivity contribution >= 4 is 11.9 Å². The summed E-state index contributed by atoms with van der Waals surface area (Å²) in [6.07, 6.45) is 1.74. The fourth-order valence-corrected chi connectivity index (χ4v) is 2.22. The third-order valence-electron chi connectivity index (χ3n) is 3.52. The molecule has 0 amide bonds. The first-order valence-electron chi connectivity index (χ1n) is 7.94. The number of guanidine groups is 1. The fourth-order valence-electron chi connectivity index (χ4n) is 2.22. The number of hydrogen-bond donors (Lipinski definition) is 3. The molecule has 0 aliphatic carbocycles. The van der Waals surface area contributed by atoms with Crippen LogP contribution in [0.15, 0.2) is 4.99 Å². The molecule has 1 rings (SSSR count). The average Bonchev–Trinajstić information content (AvgIpc) is 2.50. The summed E-state index contributed by atoms with van der Waals surface area (Å²) in [7, 11) is 1.38. The molecule has 23 heavy (non-hydrogen) atoms. The van der Waals surface area contributed by atoms with Gasteiger partial charge in [-0.3, -0.25) is 9.79 Å². The van der Waals surface area contributed by atoms with Gasteiger partial charge in [-0.25, -0.2) is 0 Å². The summed E-state index contributed by atoms with van der Waals surface area (Å²) < 4.78 is 16.1. The topological polar surface area (TPSA) is 121 Å². The Morgan fingerprint density at radius 3 is 2.61 bits per heavy atom. The highest BCUT2D eigenvalue weighted by molar-refractivity contribution is 5.76. The third-order valence-corrected chi connectivity index (χ3v) is 3.52. The van der Waals surface area contributed by atoms with Crippen LogP contribution in [0, 0.1) is 5.41 Å². The van der Waals surface area contributed by atoms with Gasteiger partial charge in [0, 0.05) is 24.9 Å². The molecule has 1 aliphatic heterocycles. The molecule has 8 heteroatoms. The molecule has 8 nitrogen and oxygen atoms in total. The minimum absolute atomic E-state index is 0.0575. The lowest BCUT2D eigenvalue weighted by Gasteiger charge is -2.34. The molecule has 0 unspecified atom stereocenters. The number of nitrogens with two attached hydrogens (primary N) is 2. The Bertz CT molecular complexity index is 387. The lowest BCUT2D eigenvalue weighted by Crippen LogP contribution is -2.42. The summed E-state index contributed by atoms with van der Waals surface area (Å²) in [5.41, 5.74) is 10.6. The van der Waals surface area contributed by atoms with E-state index >= 15 is 0 Å². The minimum Gasteiger partial charge on any atom is -0.468 e. The Hall–Kier alpha value is -1.38. The van der Waals surface area contributed by atoms with Crippen LogP contribution in [-0.2, 0) is 19.0 Å². The summed E-state index contributed by atoms with van der Waals surface area (Å²) in [5, 5.41) is 3.18. The van der Waals surface area contributed by atoms with Crippen molar-refractivity contribution in [1.82, 2.24) is 5.32 Å². The van der Waals surface area contributed by atoms with E-state index in [4.69, 9.17) is 25.7 Å². The molecule has 1 atom stereocenters. The van der Waals surface area contributed by atoms with E-state index in [-0.39, 0.29) is 29.7 Å². The Kier molecular flexibility index (Phi) is 8.29. The van der Waals surface area contributed by atoms with Crippen molar-refractivity contribution in [2.75, 3.05) is 33.4 Å². The smallest absolute Gasteiger partial charge is 0.322 e. The van der Waals surface area contributed by atoms with E-state index in [9.17, 15) is 4.79 Å². The predicted octanol–water partition coefficient (Wildman–Crippen LogP) is -0.0396. The number of nitrogens with one attached hydrogen (secondary N) is 1. The standard InChI is InChI=1S/C15H30N4O4/c1-15(2)9-22-12(23-10-15)6-8-18-11(13(20)21-3)5-4-7-19-14(16)17/h11-12,18H,4-10H2,1-3H3,(H4,16,17,19)/t11-/m0/s1. The molecule has 0 saturated carbocycles. The molecule has 0 aromatic heterocycles. The number of carbonyl (C=O) groups is 1. The Balaban J connectivity index is 2.28. The number of carbonyl (C=O) groups excluding carboxylic acids is 1. The van der Waals surface area contributed by atoms with Gasteiger partial charge < -0.3 is 31.0 Å². The molecule has 0 spiro atoms. The molecule has 0 aromatic rings. The maximum Gasteiger partial charge on any atom is 0.322 e. The van der Waals surface area contributed by atoms with Crippen LogP contribution in [0.25, 0.3) is 0 Å². The van der Waals surface area contributed by atoms with Gasteiger partial charge in [0.1, 0.15) is 6.04 Å². The first-order chi connectivity index (χ1) is 10.8. The van der Waals surface area contributed by atoms with Crippen LogP contribution in [0.5, 0.6) is 0 Å². The molecular formula is C15H30N4O4. The molecule has 134 valence electrons. The van der Waals surface area contributed by atoms with Crippen LogP contribution in [0.3, 0.4) is 0 Å². The summed E-state index contributed by atoms with van der Waals surface area (Å²) >= 11 is 0. The highest BCUT2D eigenvalue weighted by Gasteiger charge is 2.28. The first-order valence-corrected chi connectivity index (χ1v) is 7.94. The quantitative estimate of drug-likeness (QED) is 0.235. The van der Waals surface area contributed by atoms with Gasteiger partial charge in [-0.05, 0) is 12.8 Å². The van der Waals surface area contributed by atoms with Gasteiger partial charge in [0.2, 0.25) is 0 Å². The van der Waals surface area contributed by atoms with Crippen LogP contribution in [0.2, 0.25) is 0 Å². The Labute approximate surface area is 137 Å². The van der Waals surface area contributed by atoms with E-state index in [0.717, 1.165) is 0 Å². The molecular weight excluding hydrogens is 300 g/mol. The molecule has 1 fully saturated rings. The number of ether oxygens (including phenoxy) is 3. The van der Waals surface area contributed by atoms with E-state index in [1.165, 1.54) is 7.11 Å². The van der Waals surface area contributed by atoms with Gasteiger partial charge in [-0.1, -0.05) is 13.8 Å². The van der Waals surface area contributed by atoms with Gasteiger partial charge >= 0.3 is 5.97 Å². The van der Waals surface area contributed by atoms with Crippen molar-refractivity contribution in [1.29, 1.82) is 0 Å². The maximum absolute atomic E-state index is 11.8. The predicted molar refractivity (Wildman–Crippen MR) is 87.8 cm³/mol. The normalized spacial score (nSPS) is 19.1. The van der Waals surface area contributed by atoms with Gasteiger partial charge in [-0.2, -0.15) is 0 Å². The van der Waals surface area contributed by atoms with Gasteiger partial charge in [0.25, 0.3) is 0 Å². The van der Waals surface area contributed by atoms with Crippen LogP contribution in [-0.4, -0.2) is 57.7 Å². The third kappa shape index (κ3) is 8.15. The molecule has 0 radical (unpaired) electrons. The monoisotopic (exact) mass is 330 g/mol. The Morgan fingerprint density at radius 2 is 2.04 bits per heavy atom. The largest absolute Gasteiger partial charge is 0.468 e. The average molecular weight is 330 g/mol. The highest BCUT2D eigenvalue weighted by Crippen LogP contribution is 2.23. The molecule has 1 heterocycles. The van der Waals surface area contributed by atoms with Crippen LogP contribution >= 0.6 is 0 Å². The first kappa shape index (κ1) is 19.7. The van der Waals surface area contributed by atoms with Crippen LogP contribution < -0.4 is 16.8 Å². The van der Waals surface area contributed by atoms with Crippen molar-refractivity contribution in [2.45, 2.75) is 45.4 Å². The highest BCUT2D eigenvalue weighted by atomic mass is 16.7. The van der Waals surface area contributed by atoms with Crippen molar-refractivity contribution in [3.63, 3.8) is 0 Å². The van der Waals surface area contributed by atoms with E-state index in [2.05, 4.69) is 24.2 Å². The van der Waals surface area contributed by atoms with Gasteiger partial charge in [0.15, 0.2) is 12.2 Å². The van der Waals surface area contributed by atoms with Gasteiger partial charge in [0.05, 0.1) is 20.3 Å². The second-order valence-corrected chi connectivity index (χ2v) is 6.48. The number of esters is 1. The summed E-state index contributed by atoms with van der Waals surface area (Å²) in [5.74, 6) is -0.233. The number of methoxy groups -OCH3 is 1. The van der Waals surface area contributed by atoms with E-state index in [1.54, 1.807) is 0 Å². The zero-order valence-electron chi connectivity index (χ0n) is 14.3. The Morgan fingerprint density at radius 1 is 1.39 bits per heavy atom. The number of rotatable bonds is 9. The van der Waals surface area contributed by atoms with Crippen LogP contribution in [0.1, 0.15) is 33.1 Å². The second-order valence-electron chi connectivity index (χ2n) is 6.48. The molecule has 1 saturated heterocycles. The van der Waals surface area contributed by atoms with Crippen molar-refractivity contribution in [2.24, 2.45) is 21.9 Å². The summed E-state index contributed by atoms with van der Waals surface area (Å²) in [6.45, 7) is 6.65. The van der Waals surface area contributed by atoms with Crippen LogP contribution in [0.4, 0.5) is 0 Å². The fraction of sp³-hybridized carbons (Fsp3) is 0.867. The lowest BCUT2D eigenvalue weighted by atomic mass is 9.95. The summed E-state index contributed by atoms with van der Waals surface area (Å²) in [6, 6.07) is -0.380. The van der Waals surface area contributed by atoms with Gasteiger partial charge in [-0.15, -0.1) is 0 Å². The van der Waals surface area contributed by atoms with E-state index in [1.807, 2.05) is 0 Å². The SMILES string of the molecule is COC(=O)[C@H](CCCN=C(N)N)NCCC1OCC(C)(C)CO1. The van der Waals surface area contributed by atoms with Crippen molar-refractivity contribution < 1.29 is 19.0 Å². The number of hydrogen-bond acceptors (Lipinski definition) is 6. The lowest BCUT2D eigenvalue weighted by molar-refractivity contribution is -0.223. The van der Waals surface area contributed by atoms with E-state index in [0.29, 0.717) is 45.6 Å². The zero-order valence-corrected chi connectivity index (χ0v) is 14.3. The molecule has 5 N–H and O–H groups in total. The minimum atomic E-state index is -0.380. The number of nitrogens with zero attached hydrogens (tertiary/aromatic N) is 1. The molecule has 1 aliphatic rings. The number of aliphatic imine (C=N–C) groups is 1. The zero-order chi connectivity index (χ0) is 17.3. The van der Waals surface area contributed by atoms with E-state index < -0.39 is 0 Å². The summed E-state index contributed by atoms with van der Waals surface area (Å²) in [4.78, 5) is 15.7. The maximum atomic E-state index is 11.8. The molecule has 0 aromatic carbocycles. The van der Waals surface area contributed by atoms with Crippen molar-refractivity contribution in [3.05, 3.63) is 0 Å². The molecule has 0 bridgehead atoms. The van der Waals surface area contributed by atoms with Crippen molar-refractivity contribution in [3.8, 4) is 0 Å². The second kappa shape index (κ2) is 9.69.